The second-order valence-corrected chi connectivity index (χ2v) is 9.26. The van der Waals surface area contributed by atoms with Crippen LogP contribution in [0.15, 0.2) is 35.2 Å². The van der Waals surface area contributed by atoms with Crippen molar-refractivity contribution in [2.75, 3.05) is 0 Å². The number of carbonyl (C=O) groups excluding carboxylic acids is 1. The van der Waals surface area contributed by atoms with Gasteiger partial charge in [-0.15, -0.1) is 5.10 Å². The van der Waals surface area contributed by atoms with E-state index in [-0.39, 0.29) is 24.8 Å². The molecule has 1 amide bonds. The van der Waals surface area contributed by atoms with Crippen molar-refractivity contribution in [2.45, 2.75) is 11.1 Å². The molecule has 0 fully saturated rings. The Kier molecular flexibility index (Phi) is 6.64. The monoisotopic (exact) mass is 550 g/mol. The van der Waals surface area contributed by atoms with Crippen molar-refractivity contribution in [1.82, 2.24) is 19.7 Å². The molecule has 170 valence electrons. The second-order valence-electron chi connectivity index (χ2n) is 5.92. The lowest BCUT2D eigenvalue weighted by Crippen LogP contribution is -2.33. The number of nitrogens with one attached hydrogen (secondary N) is 1. The number of halogens is 8. The van der Waals surface area contributed by atoms with Crippen LogP contribution in [0.3, 0.4) is 0 Å². The molecule has 0 aliphatic rings. The van der Waals surface area contributed by atoms with E-state index < -0.39 is 49.9 Å². The first-order valence-corrected chi connectivity index (χ1v) is 10.9. The van der Waals surface area contributed by atoms with Crippen LogP contribution < -0.4 is 4.72 Å². The highest BCUT2D eigenvalue weighted by Gasteiger charge is 2.43. The molecule has 0 bridgehead atoms. The van der Waals surface area contributed by atoms with Crippen molar-refractivity contribution < 1.29 is 30.8 Å². The minimum Gasteiger partial charge on any atom is -0.266 e. The molecule has 1 aromatic heterocycles. The van der Waals surface area contributed by atoms with Gasteiger partial charge in [-0.05, 0) is 30.3 Å². The molecule has 1 N–H and O–H groups in total. The fourth-order valence-electron chi connectivity index (χ4n) is 2.49. The summed E-state index contributed by atoms with van der Waals surface area (Å²) in [5.41, 5.74) is -3.74. The van der Waals surface area contributed by atoms with Crippen LogP contribution in [0.5, 0.6) is 0 Å². The van der Waals surface area contributed by atoms with Gasteiger partial charge in [0.25, 0.3) is 15.9 Å². The predicted octanol–water partition coefficient (Wildman–Crippen LogP) is 5.16. The van der Waals surface area contributed by atoms with Crippen LogP contribution in [0.4, 0.5) is 17.6 Å². The molecule has 1 heterocycles. The summed E-state index contributed by atoms with van der Waals surface area (Å²) < 4.78 is 81.4. The van der Waals surface area contributed by atoms with E-state index in [4.69, 9.17) is 46.4 Å². The Morgan fingerprint density at radius 3 is 2.16 bits per heavy atom. The van der Waals surface area contributed by atoms with Crippen molar-refractivity contribution in [3.63, 3.8) is 0 Å². The van der Waals surface area contributed by atoms with Crippen LogP contribution in [0.2, 0.25) is 20.1 Å². The third kappa shape index (κ3) is 4.79. The Morgan fingerprint density at radius 1 is 1.00 bits per heavy atom. The van der Waals surface area contributed by atoms with Crippen LogP contribution in [-0.2, 0) is 16.2 Å². The number of hydrogen-bond donors (Lipinski definition) is 1. The van der Waals surface area contributed by atoms with Gasteiger partial charge in [-0.3, -0.25) is 4.79 Å². The topological polar surface area (TPSA) is 93.9 Å². The first-order valence-electron chi connectivity index (χ1n) is 7.92. The Hall–Kier alpha value is -2.12. The SMILES string of the molecule is O=C(NS(=O)(=O)c1cc(Cl)ccc1F)c1nnn(-c2c(Cl)cc(Cl)cc2Cl)c1C(F)(F)F. The third-order valence-electron chi connectivity index (χ3n) is 3.76. The van der Waals surface area contributed by atoms with Gasteiger partial charge in [0.05, 0.1) is 10.0 Å². The van der Waals surface area contributed by atoms with Gasteiger partial charge >= 0.3 is 6.18 Å². The van der Waals surface area contributed by atoms with Gasteiger partial charge in [-0.2, -0.15) is 13.2 Å². The first kappa shape index (κ1) is 24.5. The maximum atomic E-state index is 13.9. The summed E-state index contributed by atoms with van der Waals surface area (Å²) in [5, 5.41) is 5.45. The molecule has 32 heavy (non-hydrogen) atoms. The Bertz CT molecular complexity index is 1320. The fraction of sp³-hybridized carbons (Fsp3) is 0.0625. The molecule has 0 unspecified atom stereocenters. The summed E-state index contributed by atoms with van der Waals surface area (Å²) in [4.78, 5) is 11.4. The lowest BCUT2D eigenvalue weighted by Gasteiger charge is -2.14. The Morgan fingerprint density at radius 2 is 1.59 bits per heavy atom. The maximum absolute atomic E-state index is 13.9. The summed E-state index contributed by atoms with van der Waals surface area (Å²) >= 11 is 23.2. The second kappa shape index (κ2) is 8.67. The molecule has 2 aromatic carbocycles. The average Bonchev–Trinajstić information content (AvgIpc) is 3.07. The molecular formula is C16H6Cl4F4N4O3S. The molecule has 3 rings (SSSR count). The van der Waals surface area contributed by atoms with E-state index in [1.165, 1.54) is 4.72 Å². The number of alkyl halides is 3. The highest BCUT2D eigenvalue weighted by atomic mass is 35.5. The highest BCUT2D eigenvalue weighted by molar-refractivity contribution is 7.90. The summed E-state index contributed by atoms with van der Waals surface area (Å²) in [5.74, 6) is -3.14. The minimum absolute atomic E-state index is 0.00466. The number of hydrogen-bond acceptors (Lipinski definition) is 5. The molecule has 0 saturated heterocycles. The summed E-state index contributed by atoms with van der Waals surface area (Å²) in [6.07, 6.45) is -5.27. The average molecular weight is 552 g/mol. The van der Waals surface area contributed by atoms with Crippen molar-refractivity contribution in [2.24, 2.45) is 0 Å². The van der Waals surface area contributed by atoms with E-state index in [0.717, 1.165) is 18.2 Å². The van der Waals surface area contributed by atoms with Gasteiger partial charge in [0.2, 0.25) is 0 Å². The van der Waals surface area contributed by atoms with Gasteiger partial charge in [-0.25, -0.2) is 22.2 Å². The lowest BCUT2D eigenvalue weighted by atomic mass is 10.2. The standard InChI is InChI=1S/C16H6Cl4F4N4O3S/c17-6-1-2-10(21)11(5-6)32(30,31)26-15(29)12-14(16(22,23)24)28(27-25-12)13-8(19)3-7(18)4-9(13)20/h1-5H,(H,26,29). The molecule has 16 heteroatoms. The fourth-order valence-corrected chi connectivity index (χ4v) is 4.76. The molecule has 7 nitrogen and oxygen atoms in total. The number of sulfonamides is 1. The molecule has 3 aromatic rings. The minimum atomic E-state index is -5.27. The summed E-state index contributed by atoms with van der Waals surface area (Å²) in [6, 6.07) is 4.53. The van der Waals surface area contributed by atoms with Crippen molar-refractivity contribution in [3.8, 4) is 5.69 Å². The van der Waals surface area contributed by atoms with Gasteiger partial charge in [0.1, 0.15) is 16.4 Å². The van der Waals surface area contributed by atoms with Crippen molar-refractivity contribution in [1.29, 1.82) is 0 Å². The van der Waals surface area contributed by atoms with Gasteiger partial charge < -0.3 is 0 Å². The number of amides is 1. The zero-order valence-corrected chi connectivity index (χ0v) is 18.7. The number of benzene rings is 2. The van der Waals surface area contributed by atoms with E-state index in [2.05, 4.69) is 10.3 Å². The van der Waals surface area contributed by atoms with Crippen molar-refractivity contribution in [3.05, 3.63) is 67.6 Å². The smallest absolute Gasteiger partial charge is 0.266 e. The summed E-state index contributed by atoms with van der Waals surface area (Å²) in [7, 11) is -4.97. The Balaban J connectivity index is 2.12. The van der Waals surface area contributed by atoms with Gasteiger partial charge in [-0.1, -0.05) is 51.6 Å². The van der Waals surface area contributed by atoms with E-state index in [1.807, 2.05) is 0 Å². The third-order valence-corrected chi connectivity index (χ3v) is 6.13. The molecule has 0 atom stereocenters. The molecular weight excluding hydrogens is 546 g/mol. The number of nitrogens with zero attached hydrogens (tertiary/aromatic N) is 3. The molecule has 0 aliphatic carbocycles. The molecule has 0 saturated carbocycles. The lowest BCUT2D eigenvalue weighted by molar-refractivity contribution is -0.143. The quantitative estimate of drug-likeness (QED) is 0.452. The zero-order chi connectivity index (χ0) is 24.0. The summed E-state index contributed by atoms with van der Waals surface area (Å²) in [6.45, 7) is 0. The van der Waals surface area contributed by atoms with Crippen LogP contribution in [-0.4, -0.2) is 29.3 Å². The van der Waals surface area contributed by atoms with E-state index in [9.17, 15) is 30.8 Å². The number of rotatable bonds is 4. The highest BCUT2D eigenvalue weighted by Crippen LogP contribution is 2.38. The van der Waals surface area contributed by atoms with Crippen LogP contribution >= 0.6 is 46.4 Å². The molecule has 0 aliphatic heterocycles. The largest absolute Gasteiger partial charge is 0.435 e. The van der Waals surface area contributed by atoms with Crippen molar-refractivity contribution >= 4 is 62.3 Å². The van der Waals surface area contributed by atoms with Gasteiger partial charge in [0, 0.05) is 10.0 Å². The molecule has 0 spiro atoms. The van der Waals surface area contributed by atoms with Gasteiger partial charge in [0.15, 0.2) is 11.4 Å². The maximum Gasteiger partial charge on any atom is 0.435 e. The van der Waals surface area contributed by atoms with Crippen LogP contribution in [0.1, 0.15) is 16.2 Å². The van der Waals surface area contributed by atoms with E-state index in [1.54, 1.807) is 0 Å². The number of carbonyl (C=O) groups is 1. The first-order chi connectivity index (χ1) is 14.7. The molecule has 0 radical (unpaired) electrons. The number of aromatic nitrogens is 3. The van der Waals surface area contributed by atoms with Crippen LogP contribution in [0, 0.1) is 5.82 Å². The normalized spacial score (nSPS) is 12.1. The zero-order valence-electron chi connectivity index (χ0n) is 14.9. The van der Waals surface area contributed by atoms with E-state index >= 15 is 0 Å². The van der Waals surface area contributed by atoms with E-state index in [0.29, 0.717) is 12.1 Å². The predicted molar refractivity (Wildman–Crippen MR) is 107 cm³/mol. The van der Waals surface area contributed by atoms with Crippen LogP contribution in [0.25, 0.3) is 5.69 Å². The Labute approximate surface area is 196 Å².